The van der Waals surface area contributed by atoms with E-state index in [2.05, 4.69) is 40.7 Å². The number of ether oxygens (including phenoxy) is 2. The van der Waals surface area contributed by atoms with Crippen molar-refractivity contribution < 1.29 is 24.2 Å². The summed E-state index contributed by atoms with van der Waals surface area (Å²) in [7, 11) is 0. The Balaban J connectivity index is 1.51. The molecule has 1 N–H and O–H groups in total. The molecule has 0 radical (unpaired) electrons. The van der Waals surface area contributed by atoms with Crippen LogP contribution in [0.3, 0.4) is 0 Å². The second-order valence-corrected chi connectivity index (χ2v) is 13.9. The fraction of sp³-hybridized carbons (Fsp3) is 0.879. The molecule has 4 rings (SSSR count). The van der Waals surface area contributed by atoms with Crippen LogP contribution in [0.2, 0.25) is 0 Å². The number of rotatable bonds is 9. The SMILES string of the molecule is CCC(O)(CC)CCC[C@@H](C)[C@H]1CC[C@H]2[C@@H]3CC=C4C[C@@H](OC(C)=O)C[C@H](OC(C)=O)[C@]4(C)[C@H]3CC[C@]12C. The van der Waals surface area contributed by atoms with Crippen LogP contribution in [-0.4, -0.2) is 34.9 Å². The summed E-state index contributed by atoms with van der Waals surface area (Å²) in [6.07, 6.45) is 14.4. The molecule has 3 fully saturated rings. The van der Waals surface area contributed by atoms with Gasteiger partial charge in [-0.05, 0) is 86.4 Å². The Bertz CT molecular complexity index is 905. The van der Waals surface area contributed by atoms with Gasteiger partial charge in [0.1, 0.15) is 12.2 Å². The summed E-state index contributed by atoms with van der Waals surface area (Å²) < 4.78 is 11.7. The first-order valence-corrected chi connectivity index (χ1v) is 15.6. The lowest BCUT2D eigenvalue weighted by Crippen LogP contribution is -2.57. The first kappa shape index (κ1) is 29.6. The maximum Gasteiger partial charge on any atom is 0.302 e. The minimum absolute atomic E-state index is 0.180. The van der Waals surface area contributed by atoms with Crippen molar-refractivity contribution in [3.63, 3.8) is 0 Å². The van der Waals surface area contributed by atoms with E-state index >= 15 is 0 Å². The Kier molecular flexibility index (Phi) is 8.77. The molecule has 0 saturated heterocycles. The highest BCUT2D eigenvalue weighted by molar-refractivity contribution is 5.67. The summed E-state index contributed by atoms with van der Waals surface area (Å²) in [5.41, 5.74) is 1.03. The van der Waals surface area contributed by atoms with E-state index in [1.165, 1.54) is 51.5 Å². The second-order valence-electron chi connectivity index (χ2n) is 13.9. The van der Waals surface area contributed by atoms with Gasteiger partial charge >= 0.3 is 11.9 Å². The molecule has 0 unspecified atom stereocenters. The number of fused-ring (bicyclic) bond motifs is 5. The van der Waals surface area contributed by atoms with Crippen LogP contribution in [0.1, 0.15) is 126 Å². The highest BCUT2D eigenvalue weighted by atomic mass is 16.6. The van der Waals surface area contributed by atoms with Crippen LogP contribution in [0.25, 0.3) is 0 Å². The zero-order valence-corrected chi connectivity index (χ0v) is 25.2. The number of hydrogen-bond acceptors (Lipinski definition) is 5. The molecule has 9 atom stereocenters. The predicted molar refractivity (Wildman–Crippen MR) is 150 cm³/mol. The van der Waals surface area contributed by atoms with Crippen LogP contribution in [0.5, 0.6) is 0 Å². The van der Waals surface area contributed by atoms with Crippen LogP contribution < -0.4 is 0 Å². The van der Waals surface area contributed by atoms with Gasteiger partial charge in [-0.1, -0.05) is 59.1 Å². The maximum atomic E-state index is 12.2. The van der Waals surface area contributed by atoms with Crippen molar-refractivity contribution >= 4 is 11.9 Å². The van der Waals surface area contributed by atoms with Crippen molar-refractivity contribution in [2.75, 3.05) is 0 Å². The van der Waals surface area contributed by atoms with Gasteiger partial charge in [-0.25, -0.2) is 0 Å². The molecule has 3 saturated carbocycles. The second kappa shape index (κ2) is 11.3. The molecule has 0 heterocycles. The van der Waals surface area contributed by atoms with E-state index in [0.29, 0.717) is 35.5 Å². The van der Waals surface area contributed by atoms with Crippen LogP contribution in [0.4, 0.5) is 0 Å². The summed E-state index contributed by atoms with van der Waals surface area (Å²) in [5, 5.41) is 10.8. The average Bonchev–Trinajstić information content (AvgIpc) is 3.21. The summed E-state index contributed by atoms with van der Waals surface area (Å²) in [6.45, 7) is 14.6. The van der Waals surface area contributed by atoms with Gasteiger partial charge in [0, 0.05) is 32.1 Å². The molecule has 0 aromatic rings. The summed E-state index contributed by atoms with van der Waals surface area (Å²) in [4.78, 5) is 23.9. The summed E-state index contributed by atoms with van der Waals surface area (Å²) in [5.74, 6) is 2.74. The molecule has 4 aliphatic carbocycles. The van der Waals surface area contributed by atoms with E-state index in [9.17, 15) is 14.7 Å². The van der Waals surface area contributed by atoms with Gasteiger partial charge in [0.2, 0.25) is 0 Å². The zero-order valence-electron chi connectivity index (χ0n) is 25.2. The fourth-order valence-corrected chi connectivity index (χ4v) is 9.89. The molecule has 0 spiro atoms. The van der Waals surface area contributed by atoms with Crippen molar-refractivity contribution in [1.82, 2.24) is 0 Å². The lowest BCUT2D eigenvalue weighted by molar-refractivity contribution is -0.172. The minimum Gasteiger partial charge on any atom is -0.462 e. The number of carbonyl (C=O) groups excluding carboxylic acids is 2. The predicted octanol–water partition coefficient (Wildman–Crippen LogP) is 7.40. The number of esters is 2. The molecule has 4 aliphatic rings. The lowest BCUT2D eigenvalue weighted by Gasteiger charge is -2.60. The molecule has 216 valence electrons. The van der Waals surface area contributed by atoms with Crippen LogP contribution in [0, 0.1) is 40.4 Å². The van der Waals surface area contributed by atoms with Gasteiger partial charge < -0.3 is 14.6 Å². The third kappa shape index (κ3) is 5.34. The molecular weight excluding hydrogens is 476 g/mol. The Labute approximate surface area is 231 Å². The van der Waals surface area contributed by atoms with Gasteiger partial charge in [0.25, 0.3) is 0 Å². The Morgan fingerprint density at radius 1 is 1.08 bits per heavy atom. The quantitative estimate of drug-likeness (QED) is 0.248. The molecule has 5 heteroatoms. The number of aliphatic hydroxyl groups is 1. The van der Waals surface area contributed by atoms with Crippen molar-refractivity contribution in [2.45, 2.75) is 143 Å². The van der Waals surface area contributed by atoms with Gasteiger partial charge in [-0.3, -0.25) is 9.59 Å². The molecule has 0 amide bonds. The number of hydrogen-bond donors (Lipinski definition) is 1. The van der Waals surface area contributed by atoms with E-state index in [4.69, 9.17) is 9.47 Å². The maximum absolute atomic E-state index is 12.2. The largest absolute Gasteiger partial charge is 0.462 e. The molecular formula is C33H54O5. The zero-order chi connectivity index (χ0) is 27.9. The molecule has 0 aliphatic heterocycles. The van der Waals surface area contributed by atoms with Gasteiger partial charge in [-0.2, -0.15) is 0 Å². The summed E-state index contributed by atoms with van der Waals surface area (Å²) in [6, 6.07) is 0. The molecule has 0 bridgehead atoms. The highest BCUT2D eigenvalue weighted by Crippen LogP contribution is 2.67. The topological polar surface area (TPSA) is 72.8 Å². The van der Waals surface area contributed by atoms with Crippen molar-refractivity contribution in [1.29, 1.82) is 0 Å². The normalized spacial score (nSPS) is 39.3. The van der Waals surface area contributed by atoms with Gasteiger partial charge in [0.05, 0.1) is 5.60 Å². The van der Waals surface area contributed by atoms with E-state index in [1.807, 2.05) is 0 Å². The molecule has 0 aromatic heterocycles. The Morgan fingerprint density at radius 2 is 1.76 bits per heavy atom. The first-order chi connectivity index (χ1) is 17.9. The third-order valence-corrected chi connectivity index (χ3v) is 12.1. The van der Waals surface area contributed by atoms with Crippen LogP contribution in [-0.2, 0) is 19.1 Å². The number of carbonyl (C=O) groups is 2. The van der Waals surface area contributed by atoms with E-state index < -0.39 is 5.60 Å². The Hall–Kier alpha value is -1.36. The van der Waals surface area contributed by atoms with Gasteiger partial charge in [-0.15, -0.1) is 0 Å². The first-order valence-electron chi connectivity index (χ1n) is 15.6. The molecule has 38 heavy (non-hydrogen) atoms. The molecule has 5 nitrogen and oxygen atoms in total. The average molecular weight is 531 g/mol. The standard InChI is InChI=1S/C33H54O5/c1-8-33(36,9-2)17-10-11-21(3)27-14-15-28-26-13-12-24-19-25(37-22(4)34)20-30(38-23(5)35)32(24,7)29(26)16-18-31(27,28)6/h12,21,25-30,36H,8-11,13-20H2,1-7H3/t21-,25-,26+,27-,28+,29+,30+,31-,32+/m1/s1. The van der Waals surface area contributed by atoms with Gasteiger partial charge in [0.15, 0.2) is 0 Å². The minimum atomic E-state index is -0.492. The van der Waals surface area contributed by atoms with Crippen molar-refractivity contribution in [2.24, 2.45) is 40.4 Å². The number of allylic oxidation sites excluding steroid dienone is 1. The van der Waals surface area contributed by atoms with Crippen molar-refractivity contribution in [3.8, 4) is 0 Å². The fourth-order valence-electron chi connectivity index (χ4n) is 9.89. The van der Waals surface area contributed by atoms with Crippen molar-refractivity contribution in [3.05, 3.63) is 11.6 Å². The molecule has 0 aromatic carbocycles. The monoisotopic (exact) mass is 530 g/mol. The lowest BCUT2D eigenvalue weighted by atomic mass is 9.46. The van der Waals surface area contributed by atoms with Crippen LogP contribution >= 0.6 is 0 Å². The van der Waals surface area contributed by atoms with E-state index in [1.54, 1.807) is 0 Å². The smallest absolute Gasteiger partial charge is 0.302 e. The van der Waals surface area contributed by atoms with Crippen LogP contribution in [0.15, 0.2) is 11.6 Å². The van der Waals surface area contributed by atoms with E-state index in [0.717, 1.165) is 44.4 Å². The Morgan fingerprint density at radius 3 is 2.39 bits per heavy atom. The van der Waals surface area contributed by atoms with E-state index in [-0.39, 0.29) is 29.6 Å². The third-order valence-electron chi connectivity index (χ3n) is 12.1. The highest BCUT2D eigenvalue weighted by Gasteiger charge is 2.62. The summed E-state index contributed by atoms with van der Waals surface area (Å²) >= 11 is 0.